The summed E-state index contributed by atoms with van der Waals surface area (Å²) in [7, 11) is 3.25. The molecular weight excluding hydrogens is 482 g/mol. The summed E-state index contributed by atoms with van der Waals surface area (Å²) in [6, 6.07) is 7.66. The van der Waals surface area contributed by atoms with E-state index in [1.165, 1.54) is 11.3 Å². The zero-order valence-electron chi connectivity index (χ0n) is 20.9. The number of aryl methyl sites for hydroxylation is 1. The number of hydrogen-bond acceptors (Lipinski definition) is 12. The van der Waals surface area contributed by atoms with Crippen molar-refractivity contribution in [1.82, 2.24) is 20.3 Å². The Hall–Kier alpha value is -3.64. The van der Waals surface area contributed by atoms with Gasteiger partial charge in [0, 0.05) is 44.9 Å². The van der Waals surface area contributed by atoms with Crippen LogP contribution in [0.1, 0.15) is 27.9 Å². The van der Waals surface area contributed by atoms with Gasteiger partial charge in [0.1, 0.15) is 28.0 Å². The standard InChI is InChI=1S/C24H31N7O4S/c1-5-35-22(32)21-15(2)27-24(36-21)30-23-28-19(13-20(29-23)31-8-6-25-7-9-31)26-14-16-10-17(33-3)12-18(11-16)34-4/h10-13,25H,5-9,14H2,1-4H3,(H2,26,27,28,29,30). The minimum absolute atomic E-state index is 0.309. The number of thiazole rings is 1. The smallest absolute Gasteiger partial charge is 0.350 e. The number of rotatable bonds is 10. The topological polar surface area (TPSA) is 123 Å². The monoisotopic (exact) mass is 513 g/mol. The zero-order chi connectivity index (χ0) is 25.5. The SMILES string of the molecule is CCOC(=O)c1sc(Nc2nc(NCc3cc(OC)cc(OC)c3)cc(N3CCNCC3)n2)nc1C. The molecule has 0 unspecified atom stereocenters. The fraction of sp³-hybridized carbons (Fsp3) is 0.417. The number of carbonyl (C=O) groups excluding carboxylic acids is 1. The Morgan fingerprint density at radius 1 is 1.08 bits per heavy atom. The molecule has 1 saturated heterocycles. The number of aromatic nitrogens is 3. The largest absolute Gasteiger partial charge is 0.497 e. The van der Waals surface area contributed by atoms with E-state index < -0.39 is 0 Å². The number of carbonyl (C=O) groups is 1. The summed E-state index contributed by atoms with van der Waals surface area (Å²) in [5, 5.41) is 10.4. The Labute approximate surface area is 214 Å². The van der Waals surface area contributed by atoms with Crippen molar-refractivity contribution in [3.8, 4) is 11.5 Å². The molecule has 3 N–H and O–H groups in total. The van der Waals surface area contributed by atoms with Gasteiger partial charge in [-0.05, 0) is 31.5 Å². The van der Waals surface area contributed by atoms with E-state index in [2.05, 4.69) is 30.8 Å². The van der Waals surface area contributed by atoms with Gasteiger partial charge in [0.15, 0.2) is 5.13 Å². The van der Waals surface area contributed by atoms with Crippen LogP contribution in [0.15, 0.2) is 24.3 Å². The van der Waals surface area contributed by atoms with Crippen LogP contribution in [0.4, 0.5) is 22.7 Å². The van der Waals surface area contributed by atoms with Crippen LogP contribution in [0.25, 0.3) is 0 Å². The molecule has 3 heterocycles. The van der Waals surface area contributed by atoms with Gasteiger partial charge in [0.05, 0.1) is 26.5 Å². The molecule has 36 heavy (non-hydrogen) atoms. The van der Waals surface area contributed by atoms with Gasteiger partial charge in [0.25, 0.3) is 0 Å². The molecule has 0 amide bonds. The van der Waals surface area contributed by atoms with E-state index in [-0.39, 0.29) is 5.97 Å². The lowest BCUT2D eigenvalue weighted by molar-refractivity contribution is 0.0531. The molecule has 0 saturated carbocycles. The van der Waals surface area contributed by atoms with Gasteiger partial charge in [-0.1, -0.05) is 11.3 Å². The molecule has 3 aromatic rings. The van der Waals surface area contributed by atoms with Crippen LogP contribution in [-0.2, 0) is 11.3 Å². The van der Waals surface area contributed by atoms with E-state index in [0.717, 1.165) is 37.6 Å². The normalized spacial score (nSPS) is 13.3. The number of methoxy groups -OCH3 is 2. The molecule has 0 spiro atoms. The summed E-state index contributed by atoms with van der Waals surface area (Å²) >= 11 is 1.22. The van der Waals surface area contributed by atoms with Gasteiger partial charge < -0.3 is 29.7 Å². The first-order valence-electron chi connectivity index (χ1n) is 11.7. The van der Waals surface area contributed by atoms with E-state index in [1.54, 1.807) is 28.1 Å². The predicted octanol–water partition coefficient (Wildman–Crippen LogP) is 3.20. The van der Waals surface area contributed by atoms with Crippen molar-refractivity contribution in [2.45, 2.75) is 20.4 Å². The number of nitrogens with zero attached hydrogens (tertiary/aromatic N) is 4. The molecule has 11 nitrogen and oxygen atoms in total. The number of anilines is 4. The highest BCUT2D eigenvalue weighted by Gasteiger charge is 2.19. The van der Waals surface area contributed by atoms with Gasteiger partial charge in [0.2, 0.25) is 5.95 Å². The van der Waals surface area contributed by atoms with Gasteiger partial charge in [-0.3, -0.25) is 5.32 Å². The van der Waals surface area contributed by atoms with Crippen molar-refractivity contribution in [1.29, 1.82) is 0 Å². The van der Waals surface area contributed by atoms with Gasteiger partial charge in [-0.25, -0.2) is 9.78 Å². The molecular formula is C24H31N7O4S. The molecule has 1 fully saturated rings. The number of hydrogen-bond donors (Lipinski definition) is 3. The highest BCUT2D eigenvalue weighted by atomic mass is 32.1. The fourth-order valence-electron chi connectivity index (χ4n) is 3.73. The van der Waals surface area contributed by atoms with Crippen LogP contribution in [-0.4, -0.2) is 67.9 Å². The second-order valence-electron chi connectivity index (χ2n) is 8.03. The Kier molecular flexibility index (Phi) is 8.39. The average molecular weight is 514 g/mol. The third kappa shape index (κ3) is 6.32. The molecule has 0 atom stereocenters. The molecule has 0 aliphatic carbocycles. The summed E-state index contributed by atoms with van der Waals surface area (Å²) < 4.78 is 15.9. The lowest BCUT2D eigenvalue weighted by Crippen LogP contribution is -2.44. The Morgan fingerprint density at radius 3 is 2.47 bits per heavy atom. The van der Waals surface area contributed by atoms with E-state index in [1.807, 2.05) is 24.3 Å². The molecule has 0 bridgehead atoms. The van der Waals surface area contributed by atoms with Crippen molar-refractivity contribution in [3.05, 3.63) is 40.4 Å². The van der Waals surface area contributed by atoms with Crippen LogP contribution in [0.3, 0.4) is 0 Å². The van der Waals surface area contributed by atoms with Crippen molar-refractivity contribution >= 4 is 40.0 Å². The van der Waals surface area contributed by atoms with Crippen molar-refractivity contribution < 1.29 is 19.0 Å². The van der Waals surface area contributed by atoms with Crippen molar-refractivity contribution in [2.24, 2.45) is 0 Å². The van der Waals surface area contributed by atoms with Crippen LogP contribution >= 0.6 is 11.3 Å². The highest BCUT2D eigenvalue weighted by Crippen LogP contribution is 2.28. The average Bonchev–Trinajstić information content (AvgIpc) is 3.27. The molecule has 1 aromatic carbocycles. The van der Waals surface area contributed by atoms with Gasteiger partial charge in [-0.15, -0.1) is 0 Å². The Bertz CT molecular complexity index is 1170. The summed E-state index contributed by atoms with van der Waals surface area (Å²) in [6.07, 6.45) is 0. The maximum atomic E-state index is 12.2. The Balaban J connectivity index is 1.58. The molecule has 4 rings (SSSR count). The van der Waals surface area contributed by atoms with Crippen LogP contribution in [0, 0.1) is 6.92 Å². The lowest BCUT2D eigenvalue weighted by Gasteiger charge is -2.28. The van der Waals surface area contributed by atoms with Crippen molar-refractivity contribution in [2.75, 3.05) is 62.5 Å². The van der Waals surface area contributed by atoms with Crippen LogP contribution in [0.2, 0.25) is 0 Å². The zero-order valence-corrected chi connectivity index (χ0v) is 21.7. The summed E-state index contributed by atoms with van der Waals surface area (Å²) in [4.78, 5) is 28.7. The molecule has 0 radical (unpaired) electrons. The van der Waals surface area contributed by atoms with Gasteiger partial charge >= 0.3 is 5.97 Å². The maximum Gasteiger partial charge on any atom is 0.350 e. The minimum Gasteiger partial charge on any atom is -0.497 e. The number of ether oxygens (including phenoxy) is 3. The fourth-order valence-corrected chi connectivity index (χ4v) is 4.58. The molecule has 1 aliphatic heterocycles. The lowest BCUT2D eigenvalue weighted by atomic mass is 10.2. The number of piperazine rings is 1. The second-order valence-corrected chi connectivity index (χ2v) is 9.02. The number of esters is 1. The van der Waals surface area contributed by atoms with E-state index in [4.69, 9.17) is 19.2 Å². The van der Waals surface area contributed by atoms with Crippen LogP contribution in [0.5, 0.6) is 11.5 Å². The van der Waals surface area contributed by atoms with Gasteiger partial charge in [-0.2, -0.15) is 9.97 Å². The Morgan fingerprint density at radius 2 is 1.81 bits per heavy atom. The first-order chi connectivity index (χ1) is 17.5. The third-order valence-corrected chi connectivity index (χ3v) is 6.57. The first kappa shape index (κ1) is 25.5. The van der Waals surface area contributed by atoms with E-state index in [9.17, 15) is 4.79 Å². The van der Waals surface area contributed by atoms with E-state index >= 15 is 0 Å². The maximum absolute atomic E-state index is 12.2. The molecule has 12 heteroatoms. The second kappa shape index (κ2) is 11.9. The van der Waals surface area contributed by atoms with Crippen molar-refractivity contribution in [3.63, 3.8) is 0 Å². The molecule has 2 aromatic heterocycles. The highest BCUT2D eigenvalue weighted by molar-refractivity contribution is 7.17. The predicted molar refractivity (Wildman–Crippen MR) is 140 cm³/mol. The number of nitrogens with one attached hydrogen (secondary N) is 3. The summed E-state index contributed by atoms with van der Waals surface area (Å²) in [5.41, 5.74) is 1.59. The first-order valence-corrected chi connectivity index (χ1v) is 12.5. The minimum atomic E-state index is -0.382. The van der Waals surface area contributed by atoms with E-state index in [0.29, 0.717) is 52.1 Å². The summed E-state index contributed by atoms with van der Waals surface area (Å²) in [5.74, 6) is 2.90. The quantitative estimate of drug-likeness (QED) is 0.346. The molecule has 1 aliphatic rings. The molecule has 192 valence electrons. The number of benzene rings is 1. The third-order valence-electron chi connectivity index (χ3n) is 5.51. The van der Waals surface area contributed by atoms with Crippen LogP contribution < -0.4 is 30.3 Å². The summed E-state index contributed by atoms with van der Waals surface area (Å²) in [6.45, 7) is 7.82.